The lowest BCUT2D eigenvalue weighted by atomic mass is 9.92. The summed E-state index contributed by atoms with van der Waals surface area (Å²) in [6, 6.07) is 29.2. The topological polar surface area (TPSA) is 78.3 Å². The van der Waals surface area contributed by atoms with Crippen LogP contribution in [0.2, 0.25) is 5.02 Å². The Balaban J connectivity index is 1.12. The van der Waals surface area contributed by atoms with Crippen LogP contribution in [0, 0.1) is 0 Å². The zero-order valence-corrected chi connectivity index (χ0v) is 31.2. The molecular weight excluding hydrogens is 696 g/mol. The van der Waals surface area contributed by atoms with Crippen LogP contribution in [0.15, 0.2) is 91.0 Å². The van der Waals surface area contributed by atoms with Crippen LogP contribution >= 0.6 is 11.6 Å². The maximum absolute atomic E-state index is 15.1. The number of phenols is 1. The monoisotopic (exact) mass is 740 g/mol. The smallest absolute Gasteiger partial charge is 0.264 e. The SMILES string of the molecule is O=C(c1cc(-c2cc(Cl)ccc2C(=O)N2Cc3ccccc3C[C@H]2CN2CCOCC2)n2c1CCCC2)N(c1ccc(O)cc1)c1ccc2c(c1)CCC2. The molecule has 1 N–H and O–H groups in total. The number of hydrogen-bond donors (Lipinski definition) is 1. The number of amides is 2. The van der Waals surface area contributed by atoms with Crippen molar-refractivity contribution in [3.8, 4) is 17.0 Å². The first-order valence-electron chi connectivity index (χ1n) is 19.4. The molecule has 1 saturated heterocycles. The van der Waals surface area contributed by atoms with Gasteiger partial charge in [-0.15, -0.1) is 0 Å². The molecule has 1 aliphatic carbocycles. The molecule has 4 aliphatic rings. The van der Waals surface area contributed by atoms with Gasteiger partial charge >= 0.3 is 0 Å². The van der Waals surface area contributed by atoms with E-state index in [2.05, 4.69) is 44.7 Å². The highest BCUT2D eigenvalue weighted by Gasteiger charge is 2.35. The van der Waals surface area contributed by atoms with Crippen LogP contribution < -0.4 is 4.90 Å². The van der Waals surface area contributed by atoms with E-state index in [9.17, 15) is 5.11 Å². The van der Waals surface area contributed by atoms with Crippen molar-refractivity contribution < 1.29 is 19.4 Å². The van der Waals surface area contributed by atoms with Crippen molar-refractivity contribution in [1.29, 1.82) is 0 Å². The highest BCUT2D eigenvalue weighted by molar-refractivity contribution is 6.31. The molecule has 0 bridgehead atoms. The molecule has 4 aromatic carbocycles. The van der Waals surface area contributed by atoms with Crippen LogP contribution in [-0.2, 0) is 43.5 Å². The van der Waals surface area contributed by atoms with Crippen LogP contribution in [0.1, 0.15) is 67.9 Å². The van der Waals surface area contributed by atoms with Crippen LogP contribution in [0.5, 0.6) is 5.75 Å². The van der Waals surface area contributed by atoms with Crippen molar-refractivity contribution in [3.05, 3.63) is 135 Å². The van der Waals surface area contributed by atoms with Gasteiger partial charge in [-0.25, -0.2) is 0 Å². The summed E-state index contributed by atoms with van der Waals surface area (Å²) < 4.78 is 7.89. The summed E-state index contributed by atoms with van der Waals surface area (Å²) in [5.74, 6) is -0.0210. The Morgan fingerprint density at radius 2 is 1.54 bits per heavy atom. The standard InChI is InChI=1S/C45H45ClN4O4/c46-34-12-18-39(44(52)49-28-33-7-2-1-6-32(33)25-37(49)29-47-20-22-54-23-21-47)40(26-34)43-27-41(42-10-3-4-19-48(42)43)45(53)50(35-14-16-38(51)17-15-35)36-13-11-30-8-5-9-31(30)24-36/h1-2,6-7,11-18,24,26-27,37,51H,3-5,8-10,19-23,25,28-29H2/t37-/m0/s1. The van der Waals surface area contributed by atoms with Crippen molar-refractivity contribution >= 4 is 34.8 Å². The highest BCUT2D eigenvalue weighted by Crippen LogP contribution is 2.39. The Kier molecular flexibility index (Phi) is 9.51. The number of anilines is 2. The number of halogens is 1. The molecule has 4 heterocycles. The fraction of sp³-hybridized carbons (Fsp3) is 0.333. The summed E-state index contributed by atoms with van der Waals surface area (Å²) in [5, 5.41) is 10.7. The number of fused-ring (bicyclic) bond motifs is 3. The molecule has 1 fully saturated rings. The number of aromatic hydroxyl groups is 1. The second kappa shape index (κ2) is 14.7. The minimum atomic E-state index is -0.136. The van der Waals surface area contributed by atoms with E-state index >= 15 is 9.59 Å². The molecule has 1 aromatic heterocycles. The van der Waals surface area contributed by atoms with Gasteiger partial charge in [0.15, 0.2) is 0 Å². The number of carbonyl (C=O) groups excluding carboxylic acids is 2. The zero-order valence-electron chi connectivity index (χ0n) is 30.5. The second-order valence-corrected chi connectivity index (χ2v) is 15.6. The van der Waals surface area contributed by atoms with Crippen molar-refractivity contribution in [3.63, 3.8) is 0 Å². The van der Waals surface area contributed by atoms with Crippen molar-refractivity contribution in [2.24, 2.45) is 0 Å². The predicted octanol–water partition coefficient (Wildman–Crippen LogP) is 8.22. The molecule has 0 spiro atoms. The van der Waals surface area contributed by atoms with E-state index in [-0.39, 0.29) is 23.6 Å². The maximum Gasteiger partial charge on any atom is 0.264 e. The van der Waals surface area contributed by atoms with Gasteiger partial charge in [0.05, 0.1) is 18.8 Å². The first kappa shape index (κ1) is 34.9. The third kappa shape index (κ3) is 6.61. The molecule has 276 valence electrons. The van der Waals surface area contributed by atoms with E-state index in [1.54, 1.807) is 35.2 Å². The number of rotatable bonds is 7. The summed E-state index contributed by atoms with van der Waals surface area (Å²) in [7, 11) is 0. The van der Waals surface area contributed by atoms with Crippen molar-refractivity contribution in [1.82, 2.24) is 14.4 Å². The quantitative estimate of drug-likeness (QED) is 0.182. The van der Waals surface area contributed by atoms with Gasteiger partial charge in [0.2, 0.25) is 0 Å². The number of aromatic nitrogens is 1. The third-order valence-corrected chi connectivity index (χ3v) is 12.0. The molecule has 2 amide bonds. The van der Waals surface area contributed by atoms with Crippen molar-refractivity contribution in [2.45, 2.75) is 64.1 Å². The van der Waals surface area contributed by atoms with E-state index in [0.717, 1.165) is 93.8 Å². The molecule has 0 saturated carbocycles. The number of nitrogens with zero attached hydrogens (tertiary/aromatic N) is 4. The van der Waals surface area contributed by atoms with Gasteiger partial charge in [-0.05, 0) is 128 Å². The first-order chi connectivity index (χ1) is 26.4. The largest absolute Gasteiger partial charge is 0.508 e. The summed E-state index contributed by atoms with van der Waals surface area (Å²) in [4.78, 5) is 36.3. The number of aryl methyl sites for hydroxylation is 2. The number of hydrogen-bond acceptors (Lipinski definition) is 5. The molecule has 5 aromatic rings. The van der Waals surface area contributed by atoms with Gasteiger partial charge in [0, 0.05) is 77.7 Å². The maximum atomic E-state index is 15.1. The molecular formula is C45H45ClN4O4. The van der Waals surface area contributed by atoms with Gasteiger partial charge in [0.1, 0.15) is 5.75 Å². The Morgan fingerprint density at radius 1 is 0.759 bits per heavy atom. The fourth-order valence-corrected chi connectivity index (χ4v) is 9.20. The zero-order chi connectivity index (χ0) is 36.8. The summed E-state index contributed by atoms with van der Waals surface area (Å²) in [6.07, 6.45) is 6.65. The van der Waals surface area contributed by atoms with Crippen LogP contribution in [-0.4, -0.2) is 70.2 Å². The number of morpholine rings is 1. The van der Waals surface area contributed by atoms with Gasteiger partial charge in [0.25, 0.3) is 11.8 Å². The number of carbonyl (C=O) groups is 2. The molecule has 9 rings (SSSR count). The van der Waals surface area contributed by atoms with Crippen molar-refractivity contribution in [2.75, 3.05) is 37.7 Å². The van der Waals surface area contributed by atoms with Crippen LogP contribution in [0.25, 0.3) is 11.3 Å². The van der Waals surface area contributed by atoms with Gasteiger partial charge in [-0.1, -0.05) is 41.9 Å². The van der Waals surface area contributed by atoms with Gasteiger partial charge in [-0.2, -0.15) is 0 Å². The first-order valence-corrected chi connectivity index (χ1v) is 19.7. The van der Waals surface area contributed by atoms with Gasteiger partial charge in [-0.3, -0.25) is 19.4 Å². The lowest BCUT2D eigenvalue weighted by Crippen LogP contribution is -2.52. The Morgan fingerprint density at radius 3 is 2.37 bits per heavy atom. The molecule has 0 unspecified atom stereocenters. The normalized spacial score (nSPS) is 18.2. The summed E-state index contributed by atoms with van der Waals surface area (Å²) in [5.41, 5.74) is 10.3. The molecule has 3 aliphatic heterocycles. The average molecular weight is 741 g/mol. The van der Waals surface area contributed by atoms with E-state index in [0.29, 0.717) is 41.6 Å². The van der Waals surface area contributed by atoms with Crippen LogP contribution in [0.3, 0.4) is 0 Å². The Hall–Kier alpha value is -4.89. The fourth-order valence-electron chi connectivity index (χ4n) is 9.03. The Labute approximate surface area is 321 Å². The average Bonchev–Trinajstić information content (AvgIpc) is 3.84. The predicted molar refractivity (Wildman–Crippen MR) is 212 cm³/mol. The van der Waals surface area contributed by atoms with E-state index in [4.69, 9.17) is 16.3 Å². The molecule has 0 radical (unpaired) electrons. The highest BCUT2D eigenvalue weighted by atomic mass is 35.5. The van der Waals surface area contributed by atoms with Crippen LogP contribution in [0.4, 0.5) is 11.4 Å². The minimum Gasteiger partial charge on any atom is -0.508 e. The van der Waals surface area contributed by atoms with E-state index in [1.165, 1.54) is 22.3 Å². The van der Waals surface area contributed by atoms with E-state index < -0.39 is 0 Å². The lowest BCUT2D eigenvalue weighted by Gasteiger charge is -2.40. The lowest BCUT2D eigenvalue weighted by molar-refractivity contribution is 0.0193. The van der Waals surface area contributed by atoms with E-state index in [1.807, 2.05) is 30.3 Å². The Bertz CT molecular complexity index is 2220. The number of benzene rings is 4. The summed E-state index contributed by atoms with van der Waals surface area (Å²) >= 11 is 6.76. The second-order valence-electron chi connectivity index (χ2n) is 15.1. The molecule has 54 heavy (non-hydrogen) atoms. The molecule has 8 nitrogen and oxygen atoms in total. The molecule has 9 heteroatoms. The minimum absolute atomic E-state index is 0.00131. The van der Waals surface area contributed by atoms with Gasteiger partial charge < -0.3 is 19.3 Å². The number of phenolic OH excluding ortho intramolecular Hbond substituents is 1. The third-order valence-electron chi connectivity index (χ3n) is 11.8. The summed E-state index contributed by atoms with van der Waals surface area (Å²) in [6.45, 7) is 5.17. The number of ether oxygens (including phenoxy) is 1. The molecule has 1 atom stereocenters.